The van der Waals surface area contributed by atoms with E-state index in [1.54, 1.807) is 18.0 Å². The molecule has 8 heteroatoms. The van der Waals surface area contributed by atoms with Crippen LogP contribution >= 0.6 is 43.6 Å². The molecule has 0 atom stereocenters. The number of nitrogens with zero attached hydrogens (tertiary/aromatic N) is 1. The first kappa shape index (κ1) is 19.1. The highest BCUT2D eigenvalue weighted by atomic mass is 79.9. The molecule has 1 N–H and O–H groups in total. The highest BCUT2D eigenvalue weighted by Gasteiger charge is 2.12. The zero-order valence-electron chi connectivity index (χ0n) is 12.9. The fourth-order valence-electron chi connectivity index (χ4n) is 1.86. The summed E-state index contributed by atoms with van der Waals surface area (Å²) in [5.74, 6) is 0.976. The van der Waals surface area contributed by atoms with Crippen molar-refractivity contribution in [3.05, 3.63) is 51.3 Å². The molecule has 0 spiro atoms. The first-order chi connectivity index (χ1) is 11.4. The highest BCUT2D eigenvalue weighted by Crippen LogP contribution is 2.17. The Morgan fingerprint density at radius 2 is 2.00 bits per heavy atom. The number of rotatable bonds is 7. The van der Waals surface area contributed by atoms with E-state index in [0.717, 1.165) is 10.2 Å². The van der Waals surface area contributed by atoms with Gasteiger partial charge in [-0.25, -0.2) is 0 Å². The van der Waals surface area contributed by atoms with Crippen LogP contribution in [0.2, 0.25) is 0 Å². The SMILES string of the molecule is CN(Cc1ccc(Br)o1)C(=O)CSCC(=O)Nc1cccc(Br)c1. The van der Waals surface area contributed by atoms with Crippen LogP contribution in [-0.2, 0) is 16.1 Å². The van der Waals surface area contributed by atoms with Crippen LogP contribution in [0.1, 0.15) is 5.76 Å². The van der Waals surface area contributed by atoms with Crippen molar-refractivity contribution < 1.29 is 14.0 Å². The maximum atomic E-state index is 12.1. The van der Waals surface area contributed by atoms with Crippen LogP contribution in [0.15, 0.2) is 50.0 Å². The van der Waals surface area contributed by atoms with Gasteiger partial charge in [-0.1, -0.05) is 22.0 Å². The molecule has 2 rings (SSSR count). The molecule has 0 unspecified atom stereocenters. The van der Waals surface area contributed by atoms with Crippen molar-refractivity contribution in [2.45, 2.75) is 6.54 Å². The van der Waals surface area contributed by atoms with Crippen molar-refractivity contribution in [3.63, 3.8) is 0 Å². The molecule has 0 radical (unpaired) electrons. The summed E-state index contributed by atoms with van der Waals surface area (Å²) in [6, 6.07) is 11.0. The van der Waals surface area contributed by atoms with Gasteiger partial charge in [0.15, 0.2) is 4.67 Å². The zero-order chi connectivity index (χ0) is 17.5. The summed E-state index contributed by atoms with van der Waals surface area (Å²) in [6.07, 6.45) is 0. The van der Waals surface area contributed by atoms with Crippen molar-refractivity contribution in [2.75, 3.05) is 23.9 Å². The van der Waals surface area contributed by atoms with E-state index >= 15 is 0 Å². The van der Waals surface area contributed by atoms with Crippen molar-refractivity contribution in [1.82, 2.24) is 4.90 Å². The predicted octanol–water partition coefficient (Wildman–Crippen LogP) is 4.13. The fourth-order valence-corrected chi connectivity index (χ4v) is 3.36. The van der Waals surface area contributed by atoms with Crippen LogP contribution in [-0.4, -0.2) is 35.3 Å². The minimum Gasteiger partial charge on any atom is -0.452 e. The summed E-state index contributed by atoms with van der Waals surface area (Å²) in [4.78, 5) is 25.5. The second kappa shape index (κ2) is 9.29. The minimum absolute atomic E-state index is 0.0530. The quantitative estimate of drug-likeness (QED) is 0.653. The van der Waals surface area contributed by atoms with E-state index < -0.39 is 0 Å². The second-order valence-corrected chi connectivity index (χ2v) is 7.69. The molecule has 1 heterocycles. The van der Waals surface area contributed by atoms with Crippen LogP contribution in [0.25, 0.3) is 0 Å². The summed E-state index contributed by atoms with van der Waals surface area (Å²) >= 11 is 7.86. The number of carbonyl (C=O) groups excluding carboxylic acids is 2. The van der Waals surface area contributed by atoms with Gasteiger partial charge in [0, 0.05) is 17.2 Å². The zero-order valence-corrected chi connectivity index (χ0v) is 16.9. The number of amides is 2. The van der Waals surface area contributed by atoms with Crippen LogP contribution in [0.5, 0.6) is 0 Å². The Morgan fingerprint density at radius 3 is 2.67 bits per heavy atom. The molecule has 1 aromatic carbocycles. The Morgan fingerprint density at radius 1 is 1.21 bits per heavy atom. The number of thioether (sulfide) groups is 1. The lowest BCUT2D eigenvalue weighted by Gasteiger charge is -2.15. The Bertz CT molecular complexity index is 721. The second-order valence-electron chi connectivity index (χ2n) is 5.01. The van der Waals surface area contributed by atoms with Gasteiger partial charge in [-0.3, -0.25) is 9.59 Å². The van der Waals surface area contributed by atoms with E-state index in [9.17, 15) is 9.59 Å². The number of anilines is 1. The van der Waals surface area contributed by atoms with Gasteiger partial charge < -0.3 is 14.6 Å². The third-order valence-electron chi connectivity index (χ3n) is 3.01. The van der Waals surface area contributed by atoms with E-state index in [1.807, 2.05) is 30.3 Å². The number of hydrogen-bond acceptors (Lipinski definition) is 4. The van der Waals surface area contributed by atoms with Crippen molar-refractivity contribution in [1.29, 1.82) is 0 Å². The predicted molar refractivity (Wildman–Crippen MR) is 103 cm³/mol. The summed E-state index contributed by atoms with van der Waals surface area (Å²) < 4.78 is 6.90. The van der Waals surface area contributed by atoms with Crippen LogP contribution in [0.3, 0.4) is 0 Å². The number of nitrogens with one attached hydrogen (secondary N) is 1. The Hall–Kier alpha value is -1.25. The van der Waals surface area contributed by atoms with Gasteiger partial charge in [0.1, 0.15) is 5.76 Å². The van der Waals surface area contributed by atoms with Crippen molar-refractivity contribution >= 4 is 61.1 Å². The van der Waals surface area contributed by atoms with Crippen LogP contribution in [0.4, 0.5) is 5.69 Å². The average molecular weight is 476 g/mol. The fraction of sp³-hybridized carbons (Fsp3) is 0.250. The molecule has 24 heavy (non-hydrogen) atoms. The molecule has 0 aliphatic carbocycles. The summed E-state index contributed by atoms with van der Waals surface area (Å²) in [5, 5.41) is 2.79. The molecular formula is C16H16Br2N2O3S. The number of halogens is 2. The molecule has 0 bridgehead atoms. The average Bonchev–Trinajstić information content (AvgIpc) is 2.92. The van der Waals surface area contributed by atoms with E-state index in [0.29, 0.717) is 17.0 Å². The number of benzene rings is 1. The molecule has 0 saturated carbocycles. The molecule has 0 fully saturated rings. The molecular weight excluding hydrogens is 460 g/mol. The Kier molecular flexibility index (Phi) is 7.39. The first-order valence-corrected chi connectivity index (χ1v) is 9.79. The largest absolute Gasteiger partial charge is 0.452 e. The standard InChI is InChI=1S/C16H16Br2N2O3S/c1-20(8-13-5-6-14(18)23-13)16(22)10-24-9-15(21)19-12-4-2-3-11(17)7-12/h2-7H,8-10H2,1H3,(H,19,21). The molecule has 128 valence electrons. The van der Waals surface area contributed by atoms with Crippen LogP contribution in [0, 0.1) is 0 Å². The molecule has 2 aromatic rings. The van der Waals surface area contributed by atoms with Gasteiger partial charge in [-0.2, -0.15) is 0 Å². The van der Waals surface area contributed by atoms with Gasteiger partial charge in [0.25, 0.3) is 0 Å². The maximum Gasteiger partial charge on any atom is 0.234 e. The van der Waals surface area contributed by atoms with E-state index in [-0.39, 0.29) is 23.3 Å². The molecule has 2 amide bonds. The Labute approximate surface area is 161 Å². The van der Waals surface area contributed by atoms with Gasteiger partial charge in [0.2, 0.25) is 11.8 Å². The van der Waals surface area contributed by atoms with Crippen LogP contribution < -0.4 is 5.32 Å². The molecule has 0 aliphatic heterocycles. The van der Waals surface area contributed by atoms with Crippen molar-refractivity contribution in [3.8, 4) is 0 Å². The third kappa shape index (κ3) is 6.33. The molecule has 5 nitrogen and oxygen atoms in total. The van der Waals surface area contributed by atoms with E-state index in [1.165, 1.54) is 11.8 Å². The highest BCUT2D eigenvalue weighted by molar-refractivity contribution is 9.10. The minimum atomic E-state index is -0.136. The molecule has 1 aromatic heterocycles. The summed E-state index contributed by atoms with van der Waals surface area (Å²) in [7, 11) is 1.71. The van der Waals surface area contributed by atoms with Gasteiger partial charge >= 0.3 is 0 Å². The Balaban J connectivity index is 1.70. The first-order valence-electron chi connectivity index (χ1n) is 7.05. The van der Waals surface area contributed by atoms with E-state index in [4.69, 9.17) is 4.42 Å². The normalized spacial score (nSPS) is 10.5. The van der Waals surface area contributed by atoms with Crippen molar-refractivity contribution in [2.24, 2.45) is 0 Å². The number of furan rings is 1. The topological polar surface area (TPSA) is 62.6 Å². The summed E-state index contributed by atoms with van der Waals surface area (Å²) in [6.45, 7) is 0.398. The van der Waals surface area contributed by atoms with Gasteiger partial charge in [-0.05, 0) is 46.3 Å². The van der Waals surface area contributed by atoms with Gasteiger partial charge in [-0.15, -0.1) is 11.8 Å². The lowest BCUT2D eigenvalue weighted by molar-refractivity contribution is -0.127. The number of carbonyl (C=O) groups is 2. The lowest BCUT2D eigenvalue weighted by Crippen LogP contribution is -2.28. The smallest absolute Gasteiger partial charge is 0.234 e. The van der Waals surface area contributed by atoms with E-state index in [2.05, 4.69) is 37.2 Å². The third-order valence-corrected chi connectivity index (χ3v) is 4.85. The molecule has 0 saturated heterocycles. The van der Waals surface area contributed by atoms with Gasteiger partial charge in [0.05, 0.1) is 18.1 Å². The molecule has 0 aliphatic rings. The maximum absolute atomic E-state index is 12.1. The monoisotopic (exact) mass is 474 g/mol. The lowest BCUT2D eigenvalue weighted by atomic mass is 10.3. The number of hydrogen-bond donors (Lipinski definition) is 1. The summed E-state index contributed by atoms with van der Waals surface area (Å²) in [5.41, 5.74) is 0.724.